The zero-order valence-corrected chi connectivity index (χ0v) is 11.6. The molecule has 0 bridgehead atoms. The summed E-state index contributed by atoms with van der Waals surface area (Å²) in [6, 6.07) is 14.5. The highest BCUT2D eigenvalue weighted by molar-refractivity contribution is 6.06. The Balaban J connectivity index is 2.17. The molecule has 3 heteroatoms. The van der Waals surface area contributed by atoms with Gasteiger partial charge in [-0.3, -0.25) is 4.79 Å². The summed E-state index contributed by atoms with van der Waals surface area (Å²) in [6.07, 6.45) is 2.84. The van der Waals surface area contributed by atoms with Gasteiger partial charge in [-0.1, -0.05) is 43.7 Å². The van der Waals surface area contributed by atoms with Gasteiger partial charge in [0.15, 0.2) is 0 Å². The first kappa shape index (κ1) is 14.1. The van der Waals surface area contributed by atoms with Crippen LogP contribution in [0.15, 0.2) is 48.5 Å². The standard InChI is InChI=1S/C17H19NO2/c1-2-3-8-13-9-7-12-15(16(13)19)17(20)18-14-10-5-4-6-11-14/h4-7,9-12,19H,2-3,8H2,1H3,(H,18,20). The molecule has 2 N–H and O–H groups in total. The number of anilines is 1. The van der Waals surface area contributed by atoms with Crippen molar-refractivity contribution in [2.45, 2.75) is 26.2 Å². The normalized spacial score (nSPS) is 10.2. The van der Waals surface area contributed by atoms with Gasteiger partial charge in [0.2, 0.25) is 0 Å². The van der Waals surface area contributed by atoms with E-state index in [0.717, 1.165) is 30.5 Å². The molecule has 104 valence electrons. The van der Waals surface area contributed by atoms with E-state index in [0.29, 0.717) is 5.56 Å². The van der Waals surface area contributed by atoms with Crippen LogP contribution in [0.4, 0.5) is 5.69 Å². The van der Waals surface area contributed by atoms with Gasteiger partial charge in [-0.25, -0.2) is 0 Å². The molecule has 0 saturated heterocycles. The third kappa shape index (κ3) is 3.38. The molecule has 0 aliphatic heterocycles. The zero-order valence-electron chi connectivity index (χ0n) is 11.6. The fourth-order valence-electron chi connectivity index (χ4n) is 2.06. The molecule has 0 aliphatic carbocycles. The summed E-state index contributed by atoms with van der Waals surface area (Å²) in [4.78, 5) is 12.2. The number of phenolic OH excluding ortho intramolecular Hbond substituents is 1. The van der Waals surface area contributed by atoms with E-state index in [1.807, 2.05) is 42.5 Å². The van der Waals surface area contributed by atoms with Gasteiger partial charge in [-0.05, 0) is 36.6 Å². The molecular formula is C17H19NO2. The second-order valence-electron chi connectivity index (χ2n) is 4.74. The summed E-state index contributed by atoms with van der Waals surface area (Å²) in [5.74, 6) is -0.193. The van der Waals surface area contributed by atoms with Gasteiger partial charge in [0.1, 0.15) is 5.75 Å². The van der Waals surface area contributed by atoms with Crippen molar-refractivity contribution in [3.05, 3.63) is 59.7 Å². The maximum atomic E-state index is 12.2. The molecule has 0 fully saturated rings. The average molecular weight is 269 g/mol. The lowest BCUT2D eigenvalue weighted by atomic mass is 10.0. The van der Waals surface area contributed by atoms with E-state index in [-0.39, 0.29) is 11.7 Å². The van der Waals surface area contributed by atoms with Crippen molar-refractivity contribution < 1.29 is 9.90 Å². The van der Waals surface area contributed by atoms with Crippen LogP contribution in [0.25, 0.3) is 0 Å². The van der Waals surface area contributed by atoms with Crippen molar-refractivity contribution >= 4 is 11.6 Å². The van der Waals surface area contributed by atoms with Gasteiger partial charge in [-0.15, -0.1) is 0 Å². The molecule has 0 radical (unpaired) electrons. The van der Waals surface area contributed by atoms with Crippen molar-refractivity contribution in [3.8, 4) is 5.75 Å². The SMILES string of the molecule is CCCCc1cccc(C(=O)Nc2ccccc2)c1O. The molecule has 1 amide bonds. The molecule has 0 aromatic heterocycles. The molecule has 2 rings (SSSR count). The van der Waals surface area contributed by atoms with Gasteiger partial charge >= 0.3 is 0 Å². The minimum Gasteiger partial charge on any atom is -0.507 e. The van der Waals surface area contributed by atoms with Crippen LogP contribution < -0.4 is 5.32 Å². The number of nitrogens with one attached hydrogen (secondary N) is 1. The number of amides is 1. The quantitative estimate of drug-likeness (QED) is 0.862. The van der Waals surface area contributed by atoms with Crippen molar-refractivity contribution in [2.24, 2.45) is 0 Å². The third-order valence-electron chi connectivity index (χ3n) is 3.20. The number of para-hydroxylation sites is 2. The number of benzene rings is 2. The minimum atomic E-state index is -0.285. The summed E-state index contributed by atoms with van der Waals surface area (Å²) in [5, 5.41) is 13.0. The molecule has 2 aromatic carbocycles. The molecule has 0 saturated carbocycles. The van der Waals surface area contributed by atoms with E-state index in [1.54, 1.807) is 6.07 Å². The molecule has 20 heavy (non-hydrogen) atoms. The molecule has 0 atom stereocenters. The number of rotatable bonds is 5. The van der Waals surface area contributed by atoms with Crippen molar-refractivity contribution in [2.75, 3.05) is 5.32 Å². The topological polar surface area (TPSA) is 49.3 Å². The maximum absolute atomic E-state index is 12.2. The number of hydrogen-bond donors (Lipinski definition) is 2. The number of carbonyl (C=O) groups excluding carboxylic acids is 1. The Morgan fingerprint density at radius 3 is 2.55 bits per heavy atom. The Labute approximate surface area is 119 Å². The lowest BCUT2D eigenvalue weighted by Crippen LogP contribution is -2.12. The van der Waals surface area contributed by atoms with Crippen LogP contribution in [-0.2, 0) is 6.42 Å². The van der Waals surface area contributed by atoms with Crippen molar-refractivity contribution in [3.63, 3.8) is 0 Å². The van der Waals surface area contributed by atoms with Crippen LogP contribution in [0.3, 0.4) is 0 Å². The molecule has 2 aromatic rings. The van der Waals surface area contributed by atoms with E-state index in [4.69, 9.17) is 0 Å². The predicted octanol–water partition coefficient (Wildman–Crippen LogP) is 3.99. The van der Waals surface area contributed by atoms with Crippen LogP contribution in [-0.4, -0.2) is 11.0 Å². The molecule has 0 aliphatic rings. The summed E-state index contributed by atoms with van der Waals surface area (Å²) >= 11 is 0. The number of aryl methyl sites for hydroxylation is 1. The van der Waals surface area contributed by atoms with Crippen LogP contribution in [0, 0.1) is 0 Å². The fourth-order valence-corrected chi connectivity index (χ4v) is 2.06. The number of hydrogen-bond acceptors (Lipinski definition) is 2. The smallest absolute Gasteiger partial charge is 0.259 e. The van der Waals surface area contributed by atoms with Gasteiger partial charge in [0.05, 0.1) is 5.56 Å². The monoisotopic (exact) mass is 269 g/mol. The lowest BCUT2D eigenvalue weighted by molar-refractivity contribution is 0.102. The van der Waals surface area contributed by atoms with Crippen LogP contribution in [0.2, 0.25) is 0 Å². The average Bonchev–Trinajstić information content (AvgIpc) is 2.47. The van der Waals surface area contributed by atoms with Crippen LogP contribution in [0.5, 0.6) is 5.75 Å². The molecular weight excluding hydrogens is 250 g/mol. The lowest BCUT2D eigenvalue weighted by Gasteiger charge is -2.10. The minimum absolute atomic E-state index is 0.0920. The number of phenols is 1. The first-order valence-electron chi connectivity index (χ1n) is 6.89. The largest absolute Gasteiger partial charge is 0.507 e. The molecule has 0 heterocycles. The Morgan fingerprint density at radius 2 is 1.85 bits per heavy atom. The fraction of sp³-hybridized carbons (Fsp3) is 0.235. The second kappa shape index (κ2) is 6.75. The number of carbonyl (C=O) groups is 1. The van der Waals surface area contributed by atoms with Crippen LogP contribution in [0.1, 0.15) is 35.7 Å². The summed E-state index contributed by atoms with van der Waals surface area (Å²) in [6.45, 7) is 2.10. The molecule has 0 unspecified atom stereocenters. The number of aromatic hydroxyl groups is 1. The highest BCUT2D eigenvalue weighted by atomic mass is 16.3. The Hall–Kier alpha value is -2.29. The van der Waals surface area contributed by atoms with Crippen molar-refractivity contribution in [1.82, 2.24) is 0 Å². The second-order valence-corrected chi connectivity index (χ2v) is 4.74. The first-order chi connectivity index (χ1) is 9.72. The number of unbranched alkanes of at least 4 members (excludes halogenated alkanes) is 1. The highest BCUT2D eigenvalue weighted by Crippen LogP contribution is 2.25. The highest BCUT2D eigenvalue weighted by Gasteiger charge is 2.13. The van der Waals surface area contributed by atoms with Gasteiger partial charge in [0, 0.05) is 5.69 Å². The summed E-state index contributed by atoms with van der Waals surface area (Å²) < 4.78 is 0. The van der Waals surface area contributed by atoms with Crippen LogP contribution >= 0.6 is 0 Å². The first-order valence-corrected chi connectivity index (χ1v) is 6.89. The zero-order chi connectivity index (χ0) is 14.4. The van der Waals surface area contributed by atoms with Gasteiger partial charge < -0.3 is 10.4 Å². The maximum Gasteiger partial charge on any atom is 0.259 e. The van der Waals surface area contributed by atoms with E-state index in [1.165, 1.54) is 0 Å². The van der Waals surface area contributed by atoms with E-state index >= 15 is 0 Å². The van der Waals surface area contributed by atoms with E-state index < -0.39 is 0 Å². The van der Waals surface area contributed by atoms with Crippen molar-refractivity contribution in [1.29, 1.82) is 0 Å². The Kier molecular flexibility index (Phi) is 4.77. The van der Waals surface area contributed by atoms with Gasteiger partial charge in [-0.2, -0.15) is 0 Å². The predicted molar refractivity (Wildman–Crippen MR) is 81.1 cm³/mol. The third-order valence-corrected chi connectivity index (χ3v) is 3.20. The summed E-state index contributed by atoms with van der Waals surface area (Å²) in [7, 11) is 0. The Morgan fingerprint density at radius 1 is 1.10 bits per heavy atom. The van der Waals surface area contributed by atoms with E-state index in [9.17, 15) is 9.90 Å². The summed E-state index contributed by atoms with van der Waals surface area (Å²) in [5.41, 5.74) is 1.87. The Bertz CT molecular complexity index is 579. The van der Waals surface area contributed by atoms with E-state index in [2.05, 4.69) is 12.2 Å². The van der Waals surface area contributed by atoms with Gasteiger partial charge in [0.25, 0.3) is 5.91 Å². The molecule has 0 spiro atoms. The molecule has 3 nitrogen and oxygen atoms in total.